The third kappa shape index (κ3) is 3.49. The Labute approximate surface area is 216 Å². The average Bonchev–Trinajstić information content (AvgIpc) is 3.36. The molecule has 5 rings (SSSR count). The van der Waals surface area contributed by atoms with Crippen LogP contribution in [0.15, 0.2) is 6.07 Å². The number of ether oxygens (including phenoxy) is 1. The molecule has 37 heavy (non-hydrogen) atoms. The smallest absolute Gasteiger partial charge is 0.326 e. The molecule has 0 unspecified atom stereocenters. The number of carbonyl (C=O) groups is 3. The van der Waals surface area contributed by atoms with E-state index in [1.165, 1.54) is 11.0 Å². The van der Waals surface area contributed by atoms with Crippen molar-refractivity contribution in [3.63, 3.8) is 0 Å². The number of hydrogen-bond donors (Lipinski definition) is 4. The molecule has 1 spiro atoms. The van der Waals surface area contributed by atoms with Crippen LogP contribution in [0.1, 0.15) is 87.7 Å². The van der Waals surface area contributed by atoms with Crippen molar-refractivity contribution in [2.24, 2.45) is 22.7 Å². The Morgan fingerprint density at radius 1 is 1.16 bits per heavy atom. The van der Waals surface area contributed by atoms with Crippen LogP contribution in [0.3, 0.4) is 0 Å². The molecule has 2 fully saturated rings. The quantitative estimate of drug-likeness (QED) is 0.466. The average molecular weight is 516 g/mol. The molecule has 0 aromatic heterocycles. The monoisotopic (exact) mass is 515 g/mol. The van der Waals surface area contributed by atoms with Gasteiger partial charge in [0.1, 0.15) is 23.1 Å². The third-order valence-electron chi connectivity index (χ3n) is 10.4. The van der Waals surface area contributed by atoms with Crippen molar-refractivity contribution in [2.45, 2.75) is 96.9 Å². The highest BCUT2D eigenvalue weighted by Crippen LogP contribution is 2.67. The van der Waals surface area contributed by atoms with Crippen molar-refractivity contribution in [3.05, 3.63) is 22.8 Å². The number of hydrogen-bond acceptors (Lipinski definition) is 6. The number of carboxylic acid groups (broad SMARTS) is 2. The largest absolute Gasteiger partial charge is 0.508 e. The highest BCUT2D eigenvalue weighted by atomic mass is 16.5. The molecule has 2 aliphatic heterocycles. The van der Waals surface area contributed by atoms with Crippen molar-refractivity contribution in [3.8, 4) is 11.5 Å². The zero-order valence-corrected chi connectivity index (χ0v) is 21.9. The molecule has 0 radical (unpaired) electrons. The number of rotatable bonds is 5. The van der Waals surface area contributed by atoms with E-state index in [4.69, 9.17) is 9.84 Å². The maximum Gasteiger partial charge on any atom is 0.326 e. The lowest BCUT2D eigenvalue weighted by Crippen LogP contribution is -2.66. The van der Waals surface area contributed by atoms with Gasteiger partial charge in [-0.3, -0.25) is 9.59 Å². The number of aliphatic hydroxyl groups excluding tert-OH is 1. The maximum atomic E-state index is 13.3. The Hall–Kier alpha value is -2.81. The molecule has 2 heterocycles. The molecule has 0 saturated heterocycles. The molecule has 2 aliphatic carbocycles. The van der Waals surface area contributed by atoms with Crippen LogP contribution < -0.4 is 4.74 Å². The van der Waals surface area contributed by atoms with Crippen LogP contribution >= 0.6 is 0 Å². The second kappa shape index (κ2) is 8.35. The van der Waals surface area contributed by atoms with Gasteiger partial charge in [0, 0.05) is 29.4 Å². The molecule has 202 valence electrons. The Morgan fingerprint density at radius 2 is 1.86 bits per heavy atom. The molecular formula is C28H37NO8. The fourth-order valence-corrected chi connectivity index (χ4v) is 8.22. The Balaban J connectivity index is 1.55. The molecule has 1 aromatic carbocycles. The number of amides is 1. The summed E-state index contributed by atoms with van der Waals surface area (Å²) in [5.41, 5.74) is 0.202. The predicted octanol–water partition coefficient (Wildman–Crippen LogP) is 3.57. The minimum absolute atomic E-state index is 0.0117. The number of aromatic hydroxyl groups is 1. The standard InChI is InChI=1S/C28H37NO8/c1-14-5-7-20-26(2,3)21(31)9-10-27(20,4)28(14)12-16-19(30)11-15-17(23(16)37-28)13-29(24(15)34)18(25(35)36)6-8-22(32)33/h11,14,18,20-21,30-31H,5-10,12-13H2,1-4H3,(H,32,33)(H,35,36)/t14-,18-,20-,21+,27-,28-/m0/s1. The summed E-state index contributed by atoms with van der Waals surface area (Å²) in [5, 5.41) is 40.8. The Kier molecular flexibility index (Phi) is 5.83. The first-order valence-corrected chi connectivity index (χ1v) is 13.2. The van der Waals surface area contributed by atoms with E-state index < -0.39 is 35.6 Å². The normalized spacial score (nSPS) is 34.5. The third-order valence-corrected chi connectivity index (χ3v) is 10.4. The van der Waals surface area contributed by atoms with Crippen LogP contribution in [0, 0.1) is 22.7 Å². The first-order valence-electron chi connectivity index (χ1n) is 13.2. The van der Waals surface area contributed by atoms with Crippen molar-refractivity contribution in [1.29, 1.82) is 0 Å². The summed E-state index contributed by atoms with van der Waals surface area (Å²) in [6, 6.07) is 0.122. The lowest BCUT2D eigenvalue weighted by atomic mass is 9.43. The summed E-state index contributed by atoms with van der Waals surface area (Å²) in [5.74, 6) is -2.14. The molecule has 4 N–H and O–H groups in total. The van der Waals surface area contributed by atoms with Crippen LogP contribution in [0.4, 0.5) is 0 Å². The molecule has 1 amide bonds. The van der Waals surface area contributed by atoms with Gasteiger partial charge in [-0.2, -0.15) is 0 Å². The molecule has 6 atom stereocenters. The summed E-state index contributed by atoms with van der Waals surface area (Å²) < 4.78 is 6.95. The molecular weight excluding hydrogens is 478 g/mol. The van der Waals surface area contributed by atoms with E-state index in [-0.39, 0.29) is 53.4 Å². The van der Waals surface area contributed by atoms with E-state index in [1.54, 1.807) is 0 Å². The summed E-state index contributed by atoms with van der Waals surface area (Å²) in [4.78, 5) is 37.6. The number of phenols is 1. The first kappa shape index (κ1) is 25.8. The van der Waals surface area contributed by atoms with Gasteiger partial charge in [-0.1, -0.05) is 27.7 Å². The summed E-state index contributed by atoms with van der Waals surface area (Å²) >= 11 is 0. The molecule has 9 heteroatoms. The van der Waals surface area contributed by atoms with Gasteiger partial charge in [0.25, 0.3) is 5.91 Å². The van der Waals surface area contributed by atoms with Gasteiger partial charge in [0.05, 0.1) is 18.2 Å². The van der Waals surface area contributed by atoms with E-state index in [0.29, 0.717) is 29.7 Å². The molecule has 2 saturated carbocycles. The number of aliphatic hydroxyl groups is 1. The number of phenolic OH excluding ortho intramolecular Hbond substituents is 1. The Morgan fingerprint density at radius 3 is 2.51 bits per heavy atom. The summed E-state index contributed by atoms with van der Waals surface area (Å²) in [6.07, 6.45) is 2.83. The second-order valence-electron chi connectivity index (χ2n) is 12.4. The highest BCUT2D eigenvalue weighted by Gasteiger charge is 2.67. The van der Waals surface area contributed by atoms with E-state index in [0.717, 1.165) is 19.3 Å². The van der Waals surface area contributed by atoms with Gasteiger partial charge in [-0.15, -0.1) is 0 Å². The predicted molar refractivity (Wildman–Crippen MR) is 132 cm³/mol. The zero-order chi connectivity index (χ0) is 27.1. The fourth-order valence-electron chi connectivity index (χ4n) is 8.22. The number of carboxylic acids is 2. The maximum absolute atomic E-state index is 13.3. The van der Waals surface area contributed by atoms with Crippen molar-refractivity contribution >= 4 is 17.8 Å². The summed E-state index contributed by atoms with van der Waals surface area (Å²) in [6.45, 7) is 8.66. The SMILES string of the molecule is C[C@H]1CC[C@H]2C(C)(C)[C@H](O)CC[C@]2(C)[C@]12Cc1c(O)cc3c(c1O2)CN([C@@H](CCC(=O)O)C(=O)O)C3=O. The van der Waals surface area contributed by atoms with E-state index in [9.17, 15) is 29.7 Å². The Bertz CT molecular complexity index is 1180. The molecule has 4 aliphatic rings. The highest BCUT2D eigenvalue weighted by molar-refractivity contribution is 6.02. The molecule has 9 nitrogen and oxygen atoms in total. The first-order chi connectivity index (χ1) is 17.2. The molecule has 1 aromatic rings. The molecule has 0 bridgehead atoms. The lowest BCUT2D eigenvalue weighted by molar-refractivity contribution is -0.210. The minimum atomic E-state index is -1.29. The van der Waals surface area contributed by atoms with Crippen molar-refractivity contribution in [2.75, 3.05) is 0 Å². The number of aliphatic carboxylic acids is 2. The van der Waals surface area contributed by atoms with Gasteiger partial charge in [-0.05, 0) is 55.4 Å². The van der Waals surface area contributed by atoms with Crippen LogP contribution in [0.5, 0.6) is 11.5 Å². The van der Waals surface area contributed by atoms with Crippen LogP contribution in [0.2, 0.25) is 0 Å². The van der Waals surface area contributed by atoms with E-state index >= 15 is 0 Å². The number of nitrogens with zero attached hydrogens (tertiary/aromatic N) is 1. The van der Waals surface area contributed by atoms with Crippen LogP contribution in [-0.4, -0.2) is 60.9 Å². The minimum Gasteiger partial charge on any atom is -0.508 e. The van der Waals surface area contributed by atoms with Gasteiger partial charge in [0.15, 0.2) is 0 Å². The van der Waals surface area contributed by atoms with Gasteiger partial charge in [0.2, 0.25) is 0 Å². The van der Waals surface area contributed by atoms with Gasteiger partial charge in [-0.25, -0.2) is 4.79 Å². The fraction of sp³-hybridized carbons (Fsp3) is 0.679. The second-order valence-corrected chi connectivity index (χ2v) is 12.4. The van der Waals surface area contributed by atoms with E-state index in [1.807, 2.05) is 0 Å². The van der Waals surface area contributed by atoms with Crippen molar-refractivity contribution < 1.29 is 39.5 Å². The number of benzene rings is 1. The van der Waals surface area contributed by atoms with Gasteiger partial charge >= 0.3 is 11.9 Å². The zero-order valence-electron chi connectivity index (χ0n) is 21.9. The number of carbonyl (C=O) groups excluding carboxylic acids is 1. The van der Waals surface area contributed by atoms with Gasteiger partial charge < -0.3 is 30.1 Å². The van der Waals surface area contributed by atoms with E-state index in [2.05, 4.69) is 27.7 Å². The van der Waals surface area contributed by atoms with Crippen LogP contribution in [-0.2, 0) is 22.6 Å². The topological polar surface area (TPSA) is 145 Å². The van der Waals surface area contributed by atoms with Crippen molar-refractivity contribution in [1.82, 2.24) is 4.90 Å². The summed E-state index contributed by atoms with van der Waals surface area (Å²) in [7, 11) is 0. The number of fused-ring (bicyclic) bond motifs is 5. The lowest BCUT2D eigenvalue weighted by Gasteiger charge is -2.64. The van der Waals surface area contributed by atoms with Crippen LogP contribution in [0.25, 0.3) is 0 Å².